The SMILES string of the molecule is CCCc1ccc(OCC(=O)Nc2ccc(F)cc2)cc1. The molecule has 2 aromatic carbocycles. The Morgan fingerprint density at radius 2 is 1.76 bits per heavy atom. The highest BCUT2D eigenvalue weighted by Crippen LogP contribution is 2.13. The van der Waals surface area contributed by atoms with Crippen LogP contribution in [0.25, 0.3) is 0 Å². The van der Waals surface area contributed by atoms with Crippen molar-refractivity contribution in [3.8, 4) is 5.75 Å². The molecule has 110 valence electrons. The van der Waals surface area contributed by atoms with Crippen molar-refractivity contribution in [2.45, 2.75) is 19.8 Å². The lowest BCUT2D eigenvalue weighted by Crippen LogP contribution is -2.20. The van der Waals surface area contributed by atoms with Gasteiger partial charge in [0.15, 0.2) is 6.61 Å². The van der Waals surface area contributed by atoms with Gasteiger partial charge in [0, 0.05) is 5.69 Å². The van der Waals surface area contributed by atoms with E-state index in [1.807, 2.05) is 24.3 Å². The molecular weight excluding hydrogens is 269 g/mol. The van der Waals surface area contributed by atoms with Gasteiger partial charge in [-0.25, -0.2) is 4.39 Å². The zero-order chi connectivity index (χ0) is 15.1. The third kappa shape index (κ3) is 4.91. The monoisotopic (exact) mass is 287 g/mol. The van der Waals surface area contributed by atoms with Crippen molar-refractivity contribution in [1.29, 1.82) is 0 Å². The van der Waals surface area contributed by atoms with E-state index < -0.39 is 0 Å². The predicted molar refractivity (Wildman–Crippen MR) is 81.0 cm³/mol. The summed E-state index contributed by atoms with van der Waals surface area (Å²) in [6, 6.07) is 13.3. The van der Waals surface area contributed by atoms with E-state index in [9.17, 15) is 9.18 Å². The van der Waals surface area contributed by atoms with Crippen molar-refractivity contribution >= 4 is 11.6 Å². The molecule has 0 saturated carbocycles. The number of amides is 1. The van der Waals surface area contributed by atoms with E-state index in [4.69, 9.17) is 4.74 Å². The van der Waals surface area contributed by atoms with Crippen LogP contribution in [-0.2, 0) is 11.2 Å². The molecule has 2 rings (SSSR count). The lowest BCUT2D eigenvalue weighted by Gasteiger charge is -2.08. The van der Waals surface area contributed by atoms with Crippen LogP contribution in [0.15, 0.2) is 48.5 Å². The number of hydrogen-bond donors (Lipinski definition) is 1. The van der Waals surface area contributed by atoms with Gasteiger partial charge in [-0.2, -0.15) is 0 Å². The van der Waals surface area contributed by atoms with Crippen LogP contribution in [0.4, 0.5) is 10.1 Å². The van der Waals surface area contributed by atoms with Crippen LogP contribution < -0.4 is 10.1 Å². The molecular formula is C17H18FNO2. The molecule has 0 unspecified atom stereocenters. The van der Waals surface area contributed by atoms with Crippen LogP contribution >= 0.6 is 0 Å². The highest BCUT2D eigenvalue weighted by Gasteiger charge is 2.04. The number of hydrogen-bond acceptors (Lipinski definition) is 2. The number of ether oxygens (including phenoxy) is 1. The summed E-state index contributed by atoms with van der Waals surface area (Å²) >= 11 is 0. The summed E-state index contributed by atoms with van der Waals surface area (Å²) in [6.45, 7) is 2.05. The Balaban J connectivity index is 1.81. The van der Waals surface area contributed by atoms with Gasteiger partial charge in [0.25, 0.3) is 5.91 Å². The van der Waals surface area contributed by atoms with Crippen molar-refractivity contribution in [2.75, 3.05) is 11.9 Å². The van der Waals surface area contributed by atoms with Gasteiger partial charge in [0.05, 0.1) is 0 Å². The van der Waals surface area contributed by atoms with Crippen LogP contribution in [0.1, 0.15) is 18.9 Å². The number of anilines is 1. The van der Waals surface area contributed by atoms with Crippen LogP contribution in [0.3, 0.4) is 0 Å². The highest BCUT2D eigenvalue weighted by molar-refractivity contribution is 5.91. The second-order valence-electron chi connectivity index (χ2n) is 4.74. The van der Waals surface area contributed by atoms with Crippen LogP contribution in [0, 0.1) is 5.82 Å². The largest absolute Gasteiger partial charge is 0.484 e. The van der Waals surface area contributed by atoms with E-state index >= 15 is 0 Å². The Kier molecular flexibility index (Phi) is 5.32. The summed E-state index contributed by atoms with van der Waals surface area (Å²) in [5, 5.41) is 2.64. The van der Waals surface area contributed by atoms with Gasteiger partial charge in [0.1, 0.15) is 11.6 Å². The molecule has 0 atom stereocenters. The molecule has 0 radical (unpaired) electrons. The maximum atomic E-state index is 12.7. The minimum Gasteiger partial charge on any atom is -0.484 e. The lowest BCUT2D eigenvalue weighted by atomic mass is 10.1. The predicted octanol–water partition coefficient (Wildman–Crippen LogP) is 3.80. The van der Waals surface area contributed by atoms with E-state index in [1.54, 1.807) is 0 Å². The number of benzene rings is 2. The maximum absolute atomic E-state index is 12.7. The first-order valence-electron chi connectivity index (χ1n) is 6.94. The summed E-state index contributed by atoms with van der Waals surface area (Å²) in [4.78, 5) is 11.7. The van der Waals surface area contributed by atoms with Crippen molar-refractivity contribution in [3.63, 3.8) is 0 Å². The minimum atomic E-state index is -0.337. The van der Waals surface area contributed by atoms with E-state index in [0.717, 1.165) is 12.8 Å². The molecule has 21 heavy (non-hydrogen) atoms. The Morgan fingerprint density at radius 3 is 2.38 bits per heavy atom. The smallest absolute Gasteiger partial charge is 0.262 e. The van der Waals surface area contributed by atoms with Crippen molar-refractivity contribution in [2.24, 2.45) is 0 Å². The molecule has 0 aliphatic rings. The Labute approximate surface area is 123 Å². The van der Waals surface area contributed by atoms with E-state index in [0.29, 0.717) is 11.4 Å². The topological polar surface area (TPSA) is 38.3 Å². The van der Waals surface area contributed by atoms with Gasteiger partial charge in [-0.3, -0.25) is 4.79 Å². The molecule has 0 heterocycles. The molecule has 0 aliphatic carbocycles. The van der Waals surface area contributed by atoms with Gasteiger partial charge in [-0.05, 0) is 48.4 Å². The summed E-state index contributed by atoms with van der Waals surface area (Å²) in [5.74, 6) is 0.0415. The van der Waals surface area contributed by atoms with Crippen LogP contribution in [0.2, 0.25) is 0 Å². The number of carbonyl (C=O) groups excluding carboxylic acids is 1. The lowest BCUT2D eigenvalue weighted by molar-refractivity contribution is -0.118. The molecule has 1 N–H and O–H groups in total. The van der Waals surface area contributed by atoms with Gasteiger partial charge in [-0.15, -0.1) is 0 Å². The Morgan fingerprint density at radius 1 is 1.10 bits per heavy atom. The first kappa shape index (κ1) is 15.0. The van der Waals surface area contributed by atoms with Gasteiger partial charge in [0.2, 0.25) is 0 Å². The fraction of sp³-hybridized carbons (Fsp3) is 0.235. The average molecular weight is 287 g/mol. The molecule has 0 fully saturated rings. The van der Waals surface area contributed by atoms with E-state index in [2.05, 4.69) is 12.2 Å². The number of rotatable bonds is 6. The third-order valence-electron chi connectivity index (χ3n) is 2.96. The molecule has 2 aromatic rings. The number of carbonyl (C=O) groups is 1. The summed E-state index contributed by atoms with van der Waals surface area (Å²) < 4.78 is 18.2. The molecule has 0 aromatic heterocycles. The van der Waals surface area contributed by atoms with Crippen molar-refractivity contribution in [3.05, 3.63) is 59.9 Å². The summed E-state index contributed by atoms with van der Waals surface area (Å²) in [6.07, 6.45) is 2.13. The normalized spacial score (nSPS) is 10.2. The third-order valence-corrected chi connectivity index (χ3v) is 2.96. The average Bonchev–Trinajstić information content (AvgIpc) is 2.49. The van der Waals surface area contributed by atoms with Crippen LogP contribution in [0.5, 0.6) is 5.75 Å². The molecule has 4 heteroatoms. The van der Waals surface area contributed by atoms with Gasteiger partial charge >= 0.3 is 0 Å². The fourth-order valence-electron chi connectivity index (χ4n) is 1.92. The molecule has 0 spiro atoms. The van der Waals surface area contributed by atoms with Crippen molar-refractivity contribution in [1.82, 2.24) is 0 Å². The Bertz CT molecular complexity index is 579. The van der Waals surface area contributed by atoms with E-state index in [-0.39, 0.29) is 18.3 Å². The second kappa shape index (κ2) is 7.43. The fourth-order valence-corrected chi connectivity index (χ4v) is 1.92. The highest BCUT2D eigenvalue weighted by atomic mass is 19.1. The second-order valence-corrected chi connectivity index (χ2v) is 4.74. The maximum Gasteiger partial charge on any atom is 0.262 e. The standard InChI is InChI=1S/C17H18FNO2/c1-2-3-13-4-10-16(11-5-13)21-12-17(20)19-15-8-6-14(18)7-9-15/h4-11H,2-3,12H2,1H3,(H,19,20). The van der Waals surface area contributed by atoms with Gasteiger partial charge < -0.3 is 10.1 Å². The molecule has 0 saturated heterocycles. The summed E-state index contributed by atoms with van der Waals surface area (Å²) in [7, 11) is 0. The van der Waals surface area contributed by atoms with Gasteiger partial charge in [-0.1, -0.05) is 25.5 Å². The number of aryl methyl sites for hydroxylation is 1. The zero-order valence-electron chi connectivity index (χ0n) is 11.9. The zero-order valence-corrected chi connectivity index (χ0v) is 11.9. The molecule has 0 bridgehead atoms. The minimum absolute atomic E-state index is 0.0789. The molecule has 1 amide bonds. The van der Waals surface area contributed by atoms with Crippen molar-refractivity contribution < 1.29 is 13.9 Å². The first-order valence-corrected chi connectivity index (χ1v) is 6.94. The molecule has 3 nitrogen and oxygen atoms in total. The number of halogens is 1. The van der Waals surface area contributed by atoms with Crippen LogP contribution in [-0.4, -0.2) is 12.5 Å². The summed E-state index contributed by atoms with van der Waals surface area (Å²) in [5.41, 5.74) is 1.80. The first-order chi connectivity index (χ1) is 10.2. The number of nitrogens with one attached hydrogen (secondary N) is 1. The molecule has 0 aliphatic heterocycles. The quantitative estimate of drug-likeness (QED) is 0.877. The van der Waals surface area contributed by atoms with E-state index in [1.165, 1.54) is 29.8 Å². The Hall–Kier alpha value is -2.36.